The van der Waals surface area contributed by atoms with Crippen LogP contribution in [0.4, 0.5) is 4.79 Å². The predicted octanol–water partition coefficient (Wildman–Crippen LogP) is 4.33. The Morgan fingerprint density at radius 3 is 2.56 bits per heavy atom. The van der Waals surface area contributed by atoms with Gasteiger partial charge in [0, 0.05) is 18.2 Å². The van der Waals surface area contributed by atoms with Gasteiger partial charge in [-0.3, -0.25) is 0 Å². The van der Waals surface area contributed by atoms with Gasteiger partial charge in [0.15, 0.2) is 5.65 Å². The van der Waals surface area contributed by atoms with Gasteiger partial charge in [-0.15, -0.1) is 0 Å². The normalized spacial score (nSPS) is 18.3. The number of benzene rings is 1. The molecule has 0 atom stereocenters. The van der Waals surface area contributed by atoms with E-state index in [0.717, 1.165) is 18.4 Å². The molecule has 1 aromatic carbocycles. The van der Waals surface area contributed by atoms with E-state index in [1.165, 1.54) is 0 Å². The van der Waals surface area contributed by atoms with Crippen LogP contribution in [0.5, 0.6) is 0 Å². The quantitative estimate of drug-likeness (QED) is 0.578. The van der Waals surface area contributed by atoms with Gasteiger partial charge in [0.2, 0.25) is 0 Å². The molecule has 1 amide bonds. The van der Waals surface area contributed by atoms with Crippen molar-refractivity contribution in [3.8, 4) is 11.3 Å². The monoisotopic (exact) mass is 436 g/mol. The average Bonchev–Trinajstić information content (AvgIpc) is 3.23. The number of carbonyl (C=O) groups excluding carboxylic acids is 2. The highest BCUT2D eigenvalue weighted by atomic mass is 16.5. The molecule has 1 fully saturated rings. The molecule has 3 aromatic rings. The zero-order valence-electron chi connectivity index (χ0n) is 18.4. The number of fused-ring (bicyclic) bond motifs is 1. The highest BCUT2D eigenvalue weighted by molar-refractivity contribution is 6.03. The lowest BCUT2D eigenvalue weighted by atomic mass is 9.93. The second-order valence-corrected chi connectivity index (χ2v) is 7.86. The Hall–Kier alpha value is -3.42. The molecular formula is C24H28N4O4. The number of aromatic nitrogens is 3. The van der Waals surface area contributed by atoms with Crippen molar-refractivity contribution in [2.45, 2.75) is 58.2 Å². The molecule has 0 spiro atoms. The highest BCUT2D eigenvalue weighted by Crippen LogP contribution is 2.28. The SMILES string of the molecule is CCOC(=O)NC1CCC(OC(=O)c2cc(-c3ccccc3)nc3c2cnn3CC)CC1. The number of alkyl carbamates (subject to hydrolysis) is 1. The molecule has 1 saturated carbocycles. The fraction of sp³-hybridized carbons (Fsp3) is 0.417. The van der Waals surface area contributed by atoms with Gasteiger partial charge in [0.05, 0.1) is 29.4 Å². The van der Waals surface area contributed by atoms with Gasteiger partial charge < -0.3 is 14.8 Å². The summed E-state index contributed by atoms with van der Waals surface area (Å²) in [6.45, 7) is 4.77. The van der Waals surface area contributed by atoms with E-state index in [1.54, 1.807) is 23.9 Å². The Balaban J connectivity index is 1.51. The number of pyridine rings is 1. The molecule has 0 aliphatic heterocycles. The molecular weight excluding hydrogens is 408 g/mol. The second-order valence-electron chi connectivity index (χ2n) is 7.86. The summed E-state index contributed by atoms with van der Waals surface area (Å²) in [7, 11) is 0. The molecule has 32 heavy (non-hydrogen) atoms. The van der Waals surface area contributed by atoms with Crippen LogP contribution in [0.3, 0.4) is 0 Å². The largest absolute Gasteiger partial charge is 0.459 e. The Morgan fingerprint density at radius 2 is 1.88 bits per heavy atom. The minimum absolute atomic E-state index is 0.0455. The van der Waals surface area contributed by atoms with Crippen molar-refractivity contribution in [3.05, 3.63) is 48.2 Å². The first kappa shape index (κ1) is 21.8. The number of aryl methyl sites for hydroxylation is 1. The number of esters is 1. The molecule has 0 radical (unpaired) electrons. The van der Waals surface area contributed by atoms with Crippen LogP contribution in [-0.2, 0) is 16.0 Å². The van der Waals surface area contributed by atoms with E-state index in [0.29, 0.717) is 48.3 Å². The first-order valence-electron chi connectivity index (χ1n) is 11.1. The third kappa shape index (κ3) is 4.74. The molecule has 4 rings (SSSR count). The Morgan fingerprint density at radius 1 is 1.12 bits per heavy atom. The van der Waals surface area contributed by atoms with Gasteiger partial charge in [0.25, 0.3) is 0 Å². The molecule has 0 unspecified atom stereocenters. The predicted molar refractivity (Wildman–Crippen MR) is 120 cm³/mol. The van der Waals surface area contributed by atoms with E-state index >= 15 is 0 Å². The molecule has 0 saturated heterocycles. The minimum Gasteiger partial charge on any atom is -0.459 e. The van der Waals surface area contributed by atoms with Crippen LogP contribution in [0.1, 0.15) is 49.9 Å². The van der Waals surface area contributed by atoms with Crippen LogP contribution < -0.4 is 5.32 Å². The average molecular weight is 437 g/mol. The summed E-state index contributed by atoms with van der Waals surface area (Å²) in [5.74, 6) is -0.368. The van der Waals surface area contributed by atoms with E-state index in [2.05, 4.69) is 10.4 Å². The molecule has 1 aliphatic rings. The van der Waals surface area contributed by atoms with Crippen LogP contribution >= 0.6 is 0 Å². The highest BCUT2D eigenvalue weighted by Gasteiger charge is 2.27. The van der Waals surface area contributed by atoms with Gasteiger partial charge in [-0.25, -0.2) is 19.3 Å². The summed E-state index contributed by atoms with van der Waals surface area (Å²) in [6.07, 6.45) is 3.96. The van der Waals surface area contributed by atoms with Gasteiger partial charge in [0.1, 0.15) is 6.10 Å². The van der Waals surface area contributed by atoms with Gasteiger partial charge in [-0.2, -0.15) is 5.10 Å². The topological polar surface area (TPSA) is 95.3 Å². The van der Waals surface area contributed by atoms with Crippen LogP contribution in [0.25, 0.3) is 22.3 Å². The van der Waals surface area contributed by atoms with Gasteiger partial charge in [-0.1, -0.05) is 30.3 Å². The molecule has 8 nitrogen and oxygen atoms in total. The van der Waals surface area contributed by atoms with Crippen LogP contribution in [-0.4, -0.2) is 45.6 Å². The van der Waals surface area contributed by atoms with Gasteiger partial charge in [-0.05, 0) is 45.6 Å². The lowest BCUT2D eigenvalue weighted by Gasteiger charge is -2.28. The van der Waals surface area contributed by atoms with Crippen molar-refractivity contribution in [2.75, 3.05) is 6.61 Å². The fourth-order valence-corrected chi connectivity index (χ4v) is 4.08. The Kier molecular flexibility index (Phi) is 6.68. The summed E-state index contributed by atoms with van der Waals surface area (Å²) in [5, 5.41) is 7.94. The fourth-order valence-electron chi connectivity index (χ4n) is 4.08. The Labute approximate surface area is 186 Å². The Bertz CT molecular complexity index is 1090. The smallest absolute Gasteiger partial charge is 0.407 e. The van der Waals surface area contributed by atoms with E-state index < -0.39 is 6.09 Å². The number of hydrogen-bond acceptors (Lipinski definition) is 6. The lowest BCUT2D eigenvalue weighted by Crippen LogP contribution is -2.39. The standard InChI is InChI=1S/C24H28N4O4/c1-3-28-22-20(15-25-28)19(14-21(27-22)16-8-6-5-7-9-16)23(29)32-18-12-10-17(11-13-18)26-24(30)31-4-2/h5-9,14-15,17-18H,3-4,10-13H2,1-2H3,(H,26,30). The summed E-state index contributed by atoms with van der Waals surface area (Å²) >= 11 is 0. The van der Waals surface area contributed by atoms with Crippen molar-refractivity contribution in [1.82, 2.24) is 20.1 Å². The summed E-state index contributed by atoms with van der Waals surface area (Å²) in [5.41, 5.74) is 2.78. The molecule has 2 aromatic heterocycles. The van der Waals surface area contributed by atoms with Crippen molar-refractivity contribution >= 4 is 23.1 Å². The third-order valence-corrected chi connectivity index (χ3v) is 5.74. The molecule has 8 heteroatoms. The molecule has 1 aliphatic carbocycles. The van der Waals surface area contributed by atoms with Crippen molar-refractivity contribution < 1.29 is 19.1 Å². The number of amides is 1. The number of nitrogens with zero attached hydrogens (tertiary/aromatic N) is 3. The number of ether oxygens (including phenoxy) is 2. The molecule has 168 valence electrons. The van der Waals surface area contributed by atoms with Crippen molar-refractivity contribution in [2.24, 2.45) is 0 Å². The molecule has 1 N–H and O–H groups in total. The lowest BCUT2D eigenvalue weighted by molar-refractivity contribution is 0.0185. The van der Waals surface area contributed by atoms with E-state index in [-0.39, 0.29) is 18.1 Å². The number of hydrogen-bond donors (Lipinski definition) is 1. The maximum absolute atomic E-state index is 13.2. The van der Waals surface area contributed by atoms with Crippen molar-refractivity contribution in [3.63, 3.8) is 0 Å². The zero-order chi connectivity index (χ0) is 22.5. The molecule has 2 heterocycles. The number of rotatable bonds is 6. The second kappa shape index (κ2) is 9.80. The summed E-state index contributed by atoms with van der Waals surface area (Å²) < 4.78 is 12.6. The minimum atomic E-state index is -0.395. The van der Waals surface area contributed by atoms with E-state index in [9.17, 15) is 9.59 Å². The van der Waals surface area contributed by atoms with Gasteiger partial charge >= 0.3 is 12.1 Å². The first-order valence-corrected chi connectivity index (χ1v) is 11.1. The van der Waals surface area contributed by atoms with Crippen molar-refractivity contribution in [1.29, 1.82) is 0 Å². The maximum Gasteiger partial charge on any atom is 0.407 e. The van der Waals surface area contributed by atoms with Crippen LogP contribution in [0.15, 0.2) is 42.6 Å². The van der Waals surface area contributed by atoms with E-state index in [4.69, 9.17) is 14.5 Å². The third-order valence-electron chi connectivity index (χ3n) is 5.74. The van der Waals surface area contributed by atoms with Crippen LogP contribution in [0.2, 0.25) is 0 Å². The summed E-state index contributed by atoms with van der Waals surface area (Å²) in [6, 6.07) is 11.6. The van der Waals surface area contributed by atoms with E-state index in [1.807, 2.05) is 37.3 Å². The zero-order valence-corrected chi connectivity index (χ0v) is 18.4. The number of carbonyl (C=O) groups is 2. The maximum atomic E-state index is 13.2. The van der Waals surface area contributed by atoms with Crippen LogP contribution in [0, 0.1) is 0 Å². The molecule has 0 bridgehead atoms. The summed E-state index contributed by atoms with van der Waals surface area (Å²) in [4.78, 5) is 29.6. The first-order chi connectivity index (χ1) is 15.6. The number of nitrogens with one attached hydrogen (secondary N) is 1.